The largest absolute Gasteiger partial charge is 0.369 e. The molecule has 0 radical (unpaired) electrons. The number of hydrogen-bond donors (Lipinski definition) is 1. The number of anilines is 1. The molecule has 0 unspecified atom stereocenters. The molecule has 0 saturated carbocycles. The molecule has 2 nitrogen and oxygen atoms in total. The Labute approximate surface area is 117 Å². The van der Waals surface area contributed by atoms with Crippen LogP contribution in [0.25, 0.3) is 0 Å². The fraction of sp³-hybridized carbons (Fsp3) is 0.538. The van der Waals surface area contributed by atoms with E-state index in [1.165, 1.54) is 12.1 Å². The number of nitrogens with one attached hydrogen (secondary N) is 1. The predicted molar refractivity (Wildman–Crippen MR) is 75.3 cm³/mol. The monoisotopic (exact) mass is 290 g/mol. The van der Waals surface area contributed by atoms with Gasteiger partial charge in [0.05, 0.1) is 15.7 Å². The number of nitrogens with zero attached hydrogens (tertiary/aromatic N) is 1. The van der Waals surface area contributed by atoms with Crippen LogP contribution in [0.4, 0.5) is 10.1 Å². The van der Waals surface area contributed by atoms with Crippen LogP contribution in [0.5, 0.6) is 0 Å². The van der Waals surface area contributed by atoms with E-state index in [9.17, 15) is 4.39 Å². The lowest BCUT2D eigenvalue weighted by molar-refractivity contribution is 0.424. The van der Waals surface area contributed by atoms with Crippen molar-refractivity contribution < 1.29 is 4.39 Å². The number of hydrogen-bond acceptors (Lipinski definition) is 2. The highest BCUT2D eigenvalue weighted by molar-refractivity contribution is 6.39. The summed E-state index contributed by atoms with van der Waals surface area (Å²) in [5, 5.41) is 4.22. The molecule has 0 bridgehead atoms. The summed E-state index contributed by atoms with van der Waals surface area (Å²) in [5.41, 5.74) is 0.759. The van der Waals surface area contributed by atoms with Gasteiger partial charge in [-0.25, -0.2) is 4.39 Å². The average Bonchev–Trinajstić information content (AvgIpc) is 2.30. The molecule has 0 spiro atoms. The molecule has 100 valence electrons. The molecule has 1 aliphatic rings. The Bertz CT molecular complexity index is 394. The topological polar surface area (TPSA) is 15.3 Å². The Kier molecular flexibility index (Phi) is 4.71. The van der Waals surface area contributed by atoms with E-state index in [-0.39, 0.29) is 0 Å². The molecule has 0 atom stereocenters. The molecular weight excluding hydrogens is 274 g/mol. The van der Waals surface area contributed by atoms with Crippen LogP contribution in [0.1, 0.15) is 19.8 Å². The zero-order valence-electron chi connectivity index (χ0n) is 10.3. The Morgan fingerprint density at radius 1 is 1.28 bits per heavy atom. The minimum Gasteiger partial charge on any atom is -0.369 e. The van der Waals surface area contributed by atoms with Crippen molar-refractivity contribution in [1.82, 2.24) is 5.32 Å². The Balaban J connectivity index is 2.10. The molecule has 1 heterocycles. The lowest BCUT2D eigenvalue weighted by Crippen LogP contribution is -2.42. The van der Waals surface area contributed by atoms with E-state index in [1.54, 1.807) is 0 Å². The zero-order valence-corrected chi connectivity index (χ0v) is 11.9. The number of piperidine rings is 1. The van der Waals surface area contributed by atoms with E-state index in [0.29, 0.717) is 16.1 Å². The third-order valence-electron chi connectivity index (χ3n) is 3.29. The van der Waals surface area contributed by atoms with Crippen LogP contribution in [-0.2, 0) is 0 Å². The van der Waals surface area contributed by atoms with Crippen LogP contribution in [0.2, 0.25) is 10.0 Å². The third-order valence-corrected chi connectivity index (χ3v) is 3.86. The van der Waals surface area contributed by atoms with Gasteiger partial charge < -0.3 is 10.2 Å². The smallest absolute Gasteiger partial charge is 0.126 e. The quantitative estimate of drug-likeness (QED) is 0.913. The van der Waals surface area contributed by atoms with Crippen molar-refractivity contribution in [2.45, 2.75) is 25.8 Å². The van der Waals surface area contributed by atoms with E-state index >= 15 is 0 Å². The van der Waals surface area contributed by atoms with Gasteiger partial charge in [-0.05, 0) is 31.5 Å². The predicted octanol–water partition coefficient (Wildman–Crippen LogP) is 3.71. The summed E-state index contributed by atoms with van der Waals surface area (Å²) in [6.45, 7) is 4.88. The lowest BCUT2D eigenvalue weighted by atomic mass is 10.0. The van der Waals surface area contributed by atoms with Gasteiger partial charge in [0.25, 0.3) is 0 Å². The zero-order chi connectivity index (χ0) is 13.1. The Morgan fingerprint density at radius 3 is 2.33 bits per heavy atom. The standard InChI is InChI=1S/C13H17Cl2FN2/c1-2-17-10-3-5-18(6-4-10)13-11(14)7-9(16)8-12(13)15/h7-8,10,17H,2-6H2,1H3. The van der Waals surface area contributed by atoms with E-state index in [2.05, 4.69) is 17.1 Å². The summed E-state index contributed by atoms with van der Waals surface area (Å²) in [6, 6.07) is 3.20. The summed E-state index contributed by atoms with van der Waals surface area (Å²) in [4.78, 5) is 2.14. The van der Waals surface area contributed by atoms with Gasteiger partial charge in [-0.1, -0.05) is 30.1 Å². The molecule has 5 heteroatoms. The van der Waals surface area contributed by atoms with Crippen molar-refractivity contribution in [1.29, 1.82) is 0 Å². The van der Waals surface area contributed by atoms with E-state index < -0.39 is 5.82 Å². The fourth-order valence-corrected chi connectivity index (χ4v) is 3.13. The summed E-state index contributed by atoms with van der Waals surface area (Å²) in [7, 11) is 0. The Morgan fingerprint density at radius 2 is 1.83 bits per heavy atom. The van der Waals surface area contributed by atoms with Crippen LogP contribution in [-0.4, -0.2) is 25.7 Å². The maximum Gasteiger partial charge on any atom is 0.126 e. The van der Waals surface area contributed by atoms with Gasteiger partial charge in [-0.15, -0.1) is 0 Å². The fourth-order valence-electron chi connectivity index (χ4n) is 2.43. The number of halogens is 3. The summed E-state index contributed by atoms with van der Waals surface area (Å²) in [6.07, 6.45) is 2.11. The van der Waals surface area contributed by atoms with Crippen LogP contribution < -0.4 is 10.2 Å². The molecule has 18 heavy (non-hydrogen) atoms. The van der Waals surface area contributed by atoms with Gasteiger partial charge in [-0.2, -0.15) is 0 Å². The molecule has 0 amide bonds. The maximum absolute atomic E-state index is 13.1. The summed E-state index contributed by atoms with van der Waals surface area (Å²) < 4.78 is 13.1. The highest BCUT2D eigenvalue weighted by Crippen LogP contribution is 2.36. The van der Waals surface area contributed by atoms with Gasteiger partial charge in [0.15, 0.2) is 0 Å². The van der Waals surface area contributed by atoms with Gasteiger partial charge in [0, 0.05) is 19.1 Å². The van der Waals surface area contributed by atoms with Crippen molar-refractivity contribution in [2.75, 3.05) is 24.5 Å². The van der Waals surface area contributed by atoms with Crippen molar-refractivity contribution >= 4 is 28.9 Å². The SMILES string of the molecule is CCNC1CCN(c2c(Cl)cc(F)cc2Cl)CC1. The van der Waals surface area contributed by atoms with E-state index in [4.69, 9.17) is 23.2 Å². The van der Waals surface area contributed by atoms with Crippen LogP contribution in [0.15, 0.2) is 12.1 Å². The van der Waals surface area contributed by atoms with Crippen molar-refractivity contribution in [3.05, 3.63) is 28.0 Å². The molecule has 0 aliphatic carbocycles. The highest BCUT2D eigenvalue weighted by atomic mass is 35.5. The first kappa shape index (κ1) is 13.9. The molecule has 1 aromatic rings. The minimum atomic E-state index is -0.392. The van der Waals surface area contributed by atoms with Crippen molar-refractivity contribution in [3.63, 3.8) is 0 Å². The third kappa shape index (κ3) is 3.08. The molecule has 1 aromatic carbocycles. The molecule has 1 aliphatic heterocycles. The highest BCUT2D eigenvalue weighted by Gasteiger charge is 2.22. The second kappa shape index (κ2) is 6.09. The van der Waals surface area contributed by atoms with Gasteiger partial charge in [0.1, 0.15) is 5.82 Å². The molecule has 1 fully saturated rings. The molecule has 2 rings (SSSR count). The maximum atomic E-state index is 13.1. The van der Waals surface area contributed by atoms with Gasteiger partial charge >= 0.3 is 0 Å². The second-order valence-corrected chi connectivity index (χ2v) is 5.35. The summed E-state index contributed by atoms with van der Waals surface area (Å²) in [5.74, 6) is -0.392. The second-order valence-electron chi connectivity index (χ2n) is 4.54. The van der Waals surface area contributed by atoms with Gasteiger partial charge in [0.2, 0.25) is 0 Å². The van der Waals surface area contributed by atoms with Crippen LogP contribution >= 0.6 is 23.2 Å². The van der Waals surface area contributed by atoms with E-state index in [0.717, 1.165) is 38.2 Å². The molecule has 0 aromatic heterocycles. The Hall–Kier alpha value is -0.510. The van der Waals surface area contributed by atoms with Crippen LogP contribution in [0, 0.1) is 5.82 Å². The molecule has 1 saturated heterocycles. The normalized spacial score (nSPS) is 17.2. The first-order valence-corrected chi connectivity index (χ1v) is 7.00. The van der Waals surface area contributed by atoms with Crippen molar-refractivity contribution in [2.24, 2.45) is 0 Å². The number of rotatable bonds is 3. The van der Waals surface area contributed by atoms with E-state index in [1.807, 2.05) is 0 Å². The minimum absolute atomic E-state index is 0.391. The average molecular weight is 291 g/mol. The van der Waals surface area contributed by atoms with Gasteiger partial charge in [-0.3, -0.25) is 0 Å². The van der Waals surface area contributed by atoms with Crippen molar-refractivity contribution in [3.8, 4) is 0 Å². The first-order chi connectivity index (χ1) is 8.61. The first-order valence-electron chi connectivity index (χ1n) is 6.24. The van der Waals surface area contributed by atoms with Crippen LogP contribution in [0.3, 0.4) is 0 Å². The molecular formula is C13H17Cl2FN2. The lowest BCUT2D eigenvalue weighted by Gasteiger charge is -2.34. The number of benzene rings is 1. The molecule has 1 N–H and O–H groups in total. The summed E-state index contributed by atoms with van der Waals surface area (Å²) >= 11 is 12.2.